The Morgan fingerprint density at radius 1 is 0.920 bits per heavy atom. The Kier molecular flexibility index (Phi) is 4.08. The summed E-state index contributed by atoms with van der Waals surface area (Å²) < 4.78 is 11.1. The Morgan fingerprint density at radius 3 is 2.32 bits per heavy atom. The van der Waals surface area contributed by atoms with Gasteiger partial charge in [-0.15, -0.1) is 0 Å². The lowest BCUT2D eigenvalue weighted by Crippen LogP contribution is -2.15. The summed E-state index contributed by atoms with van der Waals surface area (Å²) in [5.74, 6) is 0.185. The van der Waals surface area contributed by atoms with Crippen molar-refractivity contribution >= 4 is 5.97 Å². The van der Waals surface area contributed by atoms with E-state index in [1.54, 1.807) is 12.1 Å². The number of carbonyl (C=O) groups is 1. The van der Waals surface area contributed by atoms with E-state index >= 15 is 0 Å². The van der Waals surface area contributed by atoms with E-state index in [4.69, 9.17) is 9.47 Å². The highest BCUT2D eigenvalue weighted by molar-refractivity contribution is 5.82. The standard InChI is InChI=1S/C22H18O3/c1-15-12-13-18(19(14-15)16-8-4-2-5-9-16)20-21(25-20)22(23)24-17-10-6-3-7-11-17/h2-14,20-21H,1H3. The van der Waals surface area contributed by atoms with Gasteiger partial charge in [0.1, 0.15) is 11.9 Å². The maximum atomic E-state index is 12.3. The Morgan fingerprint density at radius 2 is 1.60 bits per heavy atom. The molecule has 124 valence electrons. The fourth-order valence-corrected chi connectivity index (χ4v) is 2.98. The summed E-state index contributed by atoms with van der Waals surface area (Å²) in [7, 11) is 0. The minimum absolute atomic E-state index is 0.257. The average molecular weight is 330 g/mol. The van der Waals surface area contributed by atoms with Gasteiger partial charge < -0.3 is 9.47 Å². The number of ether oxygens (including phenoxy) is 2. The maximum Gasteiger partial charge on any atom is 0.343 e. The van der Waals surface area contributed by atoms with Gasteiger partial charge >= 0.3 is 5.97 Å². The van der Waals surface area contributed by atoms with Crippen LogP contribution in [-0.4, -0.2) is 12.1 Å². The number of aryl methyl sites for hydroxylation is 1. The molecule has 0 N–H and O–H groups in total. The van der Waals surface area contributed by atoms with Gasteiger partial charge in [-0.25, -0.2) is 4.79 Å². The molecule has 3 aromatic carbocycles. The zero-order chi connectivity index (χ0) is 17.2. The predicted molar refractivity (Wildman–Crippen MR) is 96.3 cm³/mol. The van der Waals surface area contributed by atoms with E-state index in [-0.39, 0.29) is 12.1 Å². The van der Waals surface area contributed by atoms with Crippen molar-refractivity contribution in [2.75, 3.05) is 0 Å². The van der Waals surface area contributed by atoms with Crippen LogP contribution in [0, 0.1) is 6.92 Å². The summed E-state index contributed by atoms with van der Waals surface area (Å²) in [6.45, 7) is 2.06. The molecule has 0 amide bonds. The van der Waals surface area contributed by atoms with E-state index in [1.807, 2.05) is 48.5 Å². The predicted octanol–water partition coefficient (Wildman–Crippen LogP) is 4.71. The molecule has 1 heterocycles. The first-order chi connectivity index (χ1) is 12.2. The van der Waals surface area contributed by atoms with Crippen molar-refractivity contribution in [3.8, 4) is 16.9 Å². The zero-order valence-corrected chi connectivity index (χ0v) is 13.9. The molecule has 0 aliphatic carbocycles. The van der Waals surface area contributed by atoms with Gasteiger partial charge in [0.25, 0.3) is 0 Å². The molecule has 25 heavy (non-hydrogen) atoms. The molecule has 1 aliphatic heterocycles. The largest absolute Gasteiger partial charge is 0.425 e. The first-order valence-electron chi connectivity index (χ1n) is 8.30. The monoisotopic (exact) mass is 330 g/mol. The first kappa shape index (κ1) is 15.6. The van der Waals surface area contributed by atoms with E-state index < -0.39 is 6.10 Å². The van der Waals surface area contributed by atoms with E-state index in [9.17, 15) is 4.79 Å². The Hall–Kier alpha value is -2.91. The molecule has 0 saturated carbocycles. The van der Waals surface area contributed by atoms with Crippen molar-refractivity contribution in [1.29, 1.82) is 0 Å². The first-order valence-corrected chi connectivity index (χ1v) is 8.30. The lowest BCUT2D eigenvalue weighted by Gasteiger charge is -2.09. The smallest absolute Gasteiger partial charge is 0.343 e. The molecule has 2 unspecified atom stereocenters. The quantitative estimate of drug-likeness (QED) is 0.395. The summed E-state index contributed by atoms with van der Waals surface area (Å²) in [6, 6.07) is 25.4. The van der Waals surface area contributed by atoms with Crippen LogP contribution in [0.5, 0.6) is 5.75 Å². The molecule has 0 spiro atoms. The van der Waals surface area contributed by atoms with Gasteiger partial charge in [0.05, 0.1) is 0 Å². The van der Waals surface area contributed by atoms with Crippen LogP contribution in [0.1, 0.15) is 17.2 Å². The van der Waals surface area contributed by atoms with E-state index in [1.165, 1.54) is 5.56 Å². The zero-order valence-electron chi connectivity index (χ0n) is 13.9. The minimum Gasteiger partial charge on any atom is -0.425 e. The number of epoxide rings is 1. The molecule has 3 nitrogen and oxygen atoms in total. The molecule has 0 bridgehead atoms. The lowest BCUT2D eigenvalue weighted by atomic mass is 9.95. The van der Waals surface area contributed by atoms with Gasteiger partial charge in [-0.3, -0.25) is 0 Å². The second-order valence-corrected chi connectivity index (χ2v) is 6.17. The third-order valence-corrected chi connectivity index (χ3v) is 4.29. The van der Waals surface area contributed by atoms with E-state index in [0.29, 0.717) is 5.75 Å². The Balaban J connectivity index is 1.57. The average Bonchev–Trinajstić information content (AvgIpc) is 3.44. The molecule has 1 aliphatic rings. The molecule has 3 heteroatoms. The summed E-state index contributed by atoms with van der Waals surface area (Å²) >= 11 is 0. The number of esters is 1. The summed E-state index contributed by atoms with van der Waals surface area (Å²) in [5, 5.41) is 0. The molecular weight excluding hydrogens is 312 g/mol. The molecule has 1 saturated heterocycles. The highest BCUT2D eigenvalue weighted by Gasteiger charge is 2.48. The topological polar surface area (TPSA) is 38.8 Å². The van der Waals surface area contributed by atoms with Crippen LogP contribution in [-0.2, 0) is 9.53 Å². The number of hydrogen-bond acceptors (Lipinski definition) is 3. The third kappa shape index (κ3) is 3.32. The number of hydrogen-bond donors (Lipinski definition) is 0. The molecular formula is C22H18O3. The van der Waals surface area contributed by atoms with Gasteiger partial charge in [-0.05, 0) is 35.7 Å². The highest BCUT2D eigenvalue weighted by atomic mass is 16.6. The molecule has 0 aromatic heterocycles. The third-order valence-electron chi connectivity index (χ3n) is 4.29. The highest BCUT2D eigenvalue weighted by Crippen LogP contribution is 2.44. The second kappa shape index (κ2) is 6.54. The number of carbonyl (C=O) groups excluding carboxylic acids is 1. The second-order valence-electron chi connectivity index (χ2n) is 6.17. The van der Waals surface area contributed by atoms with Crippen molar-refractivity contribution in [2.24, 2.45) is 0 Å². The lowest BCUT2D eigenvalue weighted by molar-refractivity contribution is -0.135. The molecule has 1 fully saturated rings. The van der Waals surface area contributed by atoms with Crippen LogP contribution in [0.25, 0.3) is 11.1 Å². The van der Waals surface area contributed by atoms with Crippen molar-refractivity contribution in [3.05, 3.63) is 90.0 Å². The molecule has 3 aromatic rings. The number of rotatable bonds is 4. The molecule has 2 atom stereocenters. The van der Waals surface area contributed by atoms with Crippen LogP contribution in [0.2, 0.25) is 0 Å². The minimum atomic E-state index is -0.551. The van der Waals surface area contributed by atoms with Crippen LogP contribution >= 0.6 is 0 Å². The van der Waals surface area contributed by atoms with Crippen molar-refractivity contribution in [3.63, 3.8) is 0 Å². The Bertz CT molecular complexity index is 888. The SMILES string of the molecule is Cc1ccc(C2OC2C(=O)Oc2ccccc2)c(-c2ccccc2)c1. The summed E-state index contributed by atoms with van der Waals surface area (Å²) in [6.07, 6.45) is -0.808. The van der Waals surface area contributed by atoms with Gasteiger partial charge in [-0.1, -0.05) is 72.3 Å². The normalized spacial score (nSPS) is 18.6. The van der Waals surface area contributed by atoms with Crippen LogP contribution in [0.3, 0.4) is 0 Å². The Labute approximate surface area is 146 Å². The number of benzene rings is 3. The van der Waals surface area contributed by atoms with E-state index in [0.717, 1.165) is 16.7 Å². The van der Waals surface area contributed by atoms with Gasteiger partial charge in [0.15, 0.2) is 6.10 Å². The maximum absolute atomic E-state index is 12.3. The molecule has 0 radical (unpaired) electrons. The van der Waals surface area contributed by atoms with E-state index in [2.05, 4.69) is 25.1 Å². The summed E-state index contributed by atoms with van der Waals surface area (Å²) in [5.41, 5.74) is 4.41. The van der Waals surface area contributed by atoms with Gasteiger partial charge in [0, 0.05) is 0 Å². The van der Waals surface area contributed by atoms with Crippen molar-refractivity contribution in [1.82, 2.24) is 0 Å². The molecule has 4 rings (SSSR count). The van der Waals surface area contributed by atoms with Crippen molar-refractivity contribution < 1.29 is 14.3 Å². The van der Waals surface area contributed by atoms with Gasteiger partial charge in [-0.2, -0.15) is 0 Å². The summed E-state index contributed by atoms with van der Waals surface area (Å²) in [4.78, 5) is 12.3. The van der Waals surface area contributed by atoms with Crippen LogP contribution in [0.4, 0.5) is 0 Å². The van der Waals surface area contributed by atoms with Crippen LogP contribution in [0.15, 0.2) is 78.9 Å². The van der Waals surface area contributed by atoms with Crippen LogP contribution < -0.4 is 4.74 Å². The van der Waals surface area contributed by atoms with Gasteiger partial charge in [0.2, 0.25) is 0 Å². The number of para-hydroxylation sites is 1. The van der Waals surface area contributed by atoms with Crippen molar-refractivity contribution in [2.45, 2.75) is 19.1 Å². The fourth-order valence-electron chi connectivity index (χ4n) is 2.98. The fraction of sp³-hybridized carbons (Fsp3) is 0.136.